The van der Waals surface area contributed by atoms with Crippen molar-refractivity contribution in [3.63, 3.8) is 0 Å². The van der Waals surface area contributed by atoms with Crippen molar-refractivity contribution >= 4 is 5.97 Å². The van der Waals surface area contributed by atoms with Gasteiger partial charge in [-0.05, 0) is 70.4 Å². The molecule has 1 N–H and O–H groups in total. The molecule has 0 aromatic heterocycles. The Morgan fingerprint density at radius 2 is 1.33 bits per heavy atom. The fourth-order valence-corrected chi connectivity index (χ4v) is 4.72. The summed E-state index contributed by atoms with van der Waals surface area (Å²) in [6.45, 7) is 4.48. The Hall–Kier alpha value is -0.570. The number of methoxy groups -OCH3 is 1. The van der Waals surface area contributed by atoms with Gasteiger partial charge in [0.15, 0.2) is 0 Å². The second-order valence-corrected chi connectivity index (χ2v) is 8.57. The van der Waals surface area contributed by atoms with Crippen LogP contribution in [0.2, 0.25) is 0 Å². The van der Waals surface area contributed by atoms with Crippen molar-refractivity contribution in [2.45, 2.75) is 90.4 Å². The molecule has 0 aromatic rings. The number of carbonyl (C=O) groups excluding carboxylic acids is 1. The van der Waals surface area contributed by atoms with Crippen LogP contribution in [0.3, 0.4) is 0 Å². The fraction of sp³-hybridized carbons (Fsp3) is 0.952. The molecule has 0 heterocycles. The maximum absolute atomic E-state index is 12.0. The average molecular weight is 338 g/mol. The molecule has 2 fully saturated rings. The van der Waals surface area contributed by atoms with Gasteiger partial charge in [0.1, 0.15) is 0 Å². The number of ether oxygens (including phenoxy) is 1. The van der Waals surface area contributed by atoms with E-state index in [1.807, 2.05) is 0 Å². The highest BCUT2D eigenvalue weighted by Crippen LogP contribution is 2.36. The maximum Gasteiger partial charge on any atom is 0.311 e. The molecule has 2 aliphatic rings. The predicted octanol–water partition coefficient (Wildman–Crippen LogP) is 5.09. The Balaban J connectivity index is 1.66. The smallest absolute Gasteiger partial charge is 0.311 e. The summed E-state index contributed by atoms with van der Waals surface area (Å²) in [6, 6.07) is 0. The minimum absolute atomic E-state index is 0.0108. The third kappa shape index (κ3) is 6.38. The van der Waals surface area contributed by atoms with Gasteiger partial charge in [-0.25, -0.2) is 0 Å². The molecule has 24 heavy (non-hydrogen) atoms. The van der Waals surface area contributed by atoms with E-state index in [0.717, 1.165) is 37.5 Å². The molecule has 140 valence electrons. The van der Waals surface area contributed by atoms with Crippen LogP contribution < -0.4 is 5.32 Å². The van der Waals surface area contributed by atoms with Crippen LogP contribution in [-0.4, -0.2) is 26.2 Å². The van der Waals surface area contributed by atoms with E-state index in [2.05, 4.69) is 12.2 Å². The van der Waals surface area contributed by atoms with Gasteiger partial charge in [-0.3, -0.25) is 4.79 Å². The van der Waals surface area contributed by atoms with Crippen LogP contribution in [-0.2, 0) is 9.53 Å². The van der Waals surface area contributed by atoms with Crippen molar-refractivity contribution < 1.29 is 9.53 Å². The summed E-state index contributed by atoms with van der Waals surface area (Å²) in [5, 5.41) is 3.78. The van der Waals surface area contributed by atoms with E-state index in [-0.39, 0.29) is 11.4 Å². The average Bonchev–Trinajstić information content (AvgIpc) is 2.53. The molecule has 0 atom stereocenters. The van der Waals surface area contributed by atoms with Gasteiger partial charge in [-0.2, -0.15) is 0 Å². The van der Waals surface area contributed by atoms with E-state index in [1.54, 1.807) is 0 Å². The van der Waals surface area contributed by atoms with Crippen LogP contribution >= 0.6 is 0 Å². The molecule has 2 saturated carbocycles. The molecule has 0 radical (unpaired) electrons. The van der Waals surface area contributed by atoms with E-state index in [0.29, 0.717) is 0 Å². The zero-order valence-electron chi connectivity index (χ0n) is 16.1. The van der Waals surface area contributed by atoms with E-state index in [4.69, 9.17) is 4.74 Å². The van der Waals surface area contributed by atoms with Gasteiger partial charge in [0.05, 0.1) is 12.5 Å². The Labute approximate surface area is 149 Å². The van der Waals surface area contributed by atoms with Crippen LogP contribution in [0.25, 0.3) is 0 Å². The summed E-state index contributed by atoms with van der Waals surface area (Å²) < 4.78 is 5.02. The zero-order chi connectivity index (χ0) is 17.3. The van der Waals surface area contributed by atoms with Gasteiger partial charge >= 0.3 is 5.97 Å². The monoisotopic (exact) mass is 337 g/mol. The predicted molar refractivity (Wildman–Crippen MR) is 100.0 cm³/mol. The molecule has 0 spiro atoms. The van der Waals surface area contributed by atoms with Gasteiger partial charge in [0, 0.05) is 0 Å². The second kappa shape index (κ2) is 10.4. The quantitative estimate of drug-likeness (QED) is 0.710. The highest BCUT2D eigenvalue weighted by molar-refractivity contribution is 5.76. The lowest BCUT2D eigenvalue weighted by molar-refractivity contribution is -0.153. The molecule has 0 saturated heterocycles. The minimum Gasteiger partial charge on any atom is -0.469 e. The molecule has 0 aliphatic heterocycles. The van der Waals surface area contributed by atoms with Gasteiger partial charge in [0.25, 0.3) is 0 Å². The van der Waals surface area contributed by atoms with Gasteiger partial charge in [-0.1, -0.05) is 44.9 Å². The topological polar surface area (TPSA) is 38.3 Å². The number of carbonyl (C=O) groups is 1. The first-order valence-electron chi connectivity index (χ1n) is 10.4. The molecule has 0 amide bonds. The van der Waals surface area contributed by atoms with Crippen LogP contribution in [0.5, 0.6) is 0 Å². The molecule has 3 heteroatoms. The first kappa shape index (κ1) is 19.8. The van der Waals surface area contributed by atoms with Crippen LogP contribution in [0, 0.1) is 17.3 Å². The zero-order valence-corrected chi connectivity index (χ0v) is 16.1. The Bertz CT molecular complexity index is 351. The minimum atomic E-state index is -0.244. The van der Waals surface area contributed by atoms with Crippen molar-refractivity contribution in [2.75, 3.05) is 20.2 Å². The third-order valence-electron chi connectivity index (χ3n) is 6.45. The van der Waals surface area contributed by atoms with Gasteiger partial charge in [0.2, 0.25) is 0 Å². The Kier molecular flexibility index (Phi) is 8.58. The van der Waals surface area contributed by atoms with Crippen LogP contribution in [0.1, 0.15) is 90.4 Å². The SMILES string of the molecule is COC(=O)C1(C)CCCC(CNCC2CCCCCCC2)CCC1. The van der Waals surface area contributed by atoms with Gasteiger partial charge in [-0.15, -0.1) is 0 Å². The number of hydrogen-bond donors (Lipinski definition) is 1. The maximum atomic E-state index is 12.0. The fourth-order valence-electron chi connectivity index (χ4n) is 4.72. The summed E-state index contributed by atoms with van der Waals surface area (Å²) in [4.78, 5) is 12.0. The van der Waals surface area contributed by atoms with Crippen molar-refractivity contribution in [1.29, 1.82) is 0 Å². The van der Waals surface area contributed by atoms with E-state index >= 15 is 0 Å². The first-order valence-corrected chi connectivity index (χ1v) is 10.4. The molecule has 0 aromatic carbocycles. The summed E-state index contributed by atoms with van der Waals surface area (Å²) >= 11 is 0. The number of nitrogens with one attached hydrogen (secondary N) is 1. The second-order valence-electron chi connectivity index (χ2n) is 8.57. The highest BCUT2D eigenvalue weighted by Gasteiger charge is 2.34. The summed E-state index contributed by atoms with van der Waals surface area (Å²) in [7, 11) is 1.52. The van der Waals surface area contributed by atoms with Crippen molar-refractivity contribution in [3.8, 4) is 0 Å². The van der Waals surface area contributed by atoms with Crippen LogP contribution in [0.15, 0.2) is 0 Å². The van der Waals surface area contributed by atoms with Gasteiger partial charge < -0.3 is 10.1 Å². The Morgan fingerprint density at radius 3 is 1.83 bits per heavy atom. The summed E-state index contributed by atoms with van der Waals surface area (Å²) in [5.41, 5.74) is -0.244. The largest absolute Gasteiger partial charge is 0.469 e. The van der Waals surface area contributed by atoms with Crippen molar-refractivity contribution in [3.05, 3.63) is 0 Å². The first-order chi connectivity index (χ1) is 11.6. The molecule has 2 aliphatic carbocycles. The third-order valence-corrected chi connectivity index (χ3v) is 6.45. The van der Waals surface area contributed by atoms with E-state index in [9.17, 15) is 4.79 Å². The number of rotatable bonds is 5. The lowest BCUT2D eigenvalue weighted by atomic mass is 9.76. The van der Waals surface area contributed by atoms with Crippen molar-refractivity contribution in [1.82, 2.24) is 5.32 Å². The molecule has 3 nitrogen and oxygen atoms in total. The number of hydrogen-bond acceptors (Lipinski definition) is 3. The molecule has 0 bridgehead atoms. The van der Waals surface area contributed by atoms with E-state index < -0.39 is 0 Å². The standard InChI is InChI=1S/C21H39NO2/c1-21(20(23)24-2)14-8-12-19(13-9-15-21)17-22-16-18-10-6-4-3-5-7-11-18/h18-19,22H,3-17H2,1-2H3. The van der Waals surface area contributed by atoms with Crippen LogP contribution in [0.4, 0.5) is 0 Å². The summed E-state index contributed by atoms with van der Waals surface area (Å²) in [5.74, 6) is 1.69. The summed E-state index contributed by atoms with van der Waals surface area (Å²) in [6.07, 6.45) is 16.8. The lowest BCUT2D eigenvalue weighted by Gasteiger charge is -2.31. The normalized spacial score (nSPS) is 30.7. The highest BCUT2D eigenvalue weighted by atomic mass is 16.5. The molecule has 0 unspecified atom stereocenters. The molecular formula is C21H39NO2. The molecule has 2 rings (SSSR count). The lowest BCUT2D eigenvalue weighted by Crippen LogP contribution is -2.33. The Morgan fingerprint density at radius 1 is 0.875 bits per heavy atom. The number of esters is 1. The molecular weight excluding hydrogens is 298 g/mol. The van der Waals surface area contributed by atoms with E-state index in [1.165, 1.54) is 78.0 Å². The van der Waals surface area contributed by atoms with Crippen molar-refractivity contribution in [2.24, 2.45) is 17.3 Å².